The van der Waals surface area contributed by atoms with E-state index in [1.807, 2.05) is 30.3 Å². The lowest BCUT2D eigenvalue weighted by Crippen LogP contribution is -2.15. The number of hydrogen-bond acceptors (Lipinski definition) is 5. The third kappa shape index (κ3) is 6.31. The van der Waals surface area contributed by atoms with Crippen LogP contribution in [0.1, 0.15) is 11.1 Å². The number of carbonyl (C=O) groups is 1. The number of esters is 1. The summed E-state index contributed by atoms with van der Waals surface area (Å²) < 4.78 is 9.81. The van der Waals surface area contributed by atoms with E-state index in [1.165, 1.54) is 13.2 Å². The summed E-state index contributed by atoms with van der Waals surface area (Å²) in [5, 5.41) is 1.08. The van der Waals surface area contributed by atoms with Crippen molar-refractivity contribution in [3.63, 3.8) is 0 Å². The molecule has 5 nitrogen and oxygen atoms in total. The number of nitrogens with two attached hydrogens (primary N) is 1. The molecule has 0 unspecified atom stereocenters. The van der Waals surface area contributed by atoms with E-state index in [0.717, 1.165) is 16.9 Å². The van der Waals surface area contributed by atoms with Crippen LogP contribution in [0.5, 0.6) is 5.75 Å². The summed E-state index contributed by atoms with van der Waals surface area (Å²) in [6.07, 6.45) is 1.99. The van der Waals surface area contributed by atoms with Crippen molar-refractivity contribution in [3.05, 3.63) is 75.4 Å². The minimum Gasteiger partial charge on any atom is -0.497 e. The largest absolute Gasteiger partial charge is 0.497 e. The zero-order valence-corrected chi connectivity index (χ0v) is 16.6. The molecule has 142 valence electrons. The van der Waals surface area contributed by atoms with Gasteiger partial charge in [0, 0.05) is 22.2 Å². The molecule has 0 aliphatic rings. The van der Waals surface area contributed by atoms with Crippen LogP contribution in [-0.4, -0.2) is 25.9 Å². The van der Waals surface area contributed by atoms with Gasteiger partial charge in [0.15, 0.2) is 0 Å². The van der Waals surface area contributed by atoms with E-state index in [1.54, 1.807) is 19.2 Å². The zero-order valence-electron chi connectivity index (χ0n) is 15.0. The number of benzene rings is 2. The lowest BCUT2D eigenvalue weighted by Gasteiger charge is -2.07. The molecule has 2 rings (SSSR count). The molecule has 0 bridgehead atoms. The van der Waals surface area contributed by atoms with E-state index in [2.05, 4.69) is 9.73 Å². The molecule has 0 amide bonds. The lowest BCUT2D eigenvalue weighted by molar-refractivity contribution is -0.136. The molecule has 0 saturated carbocycles. The maximum absolute atomic E-state index is 11.6. The van der Waals surface area contributed by atoms with Gasteiger partial charge < -0.3 is 15.2 Å². The molecule has 0 aromatic heterocycles. The van der Waals surface area contributed by atoms with Crippen LogP contribution in [0.4, 0.5) is 0 Å². The summed E-state index contributed by atoms with van der Waals surface area (Å²) in [6, 6.07) is 12.8. The molecular weight excluding hydrogens is 387 g/mol. The van der Waals surface area contributed by atoms with Gasteiger partial charge in [-0.15, -0.1) is 0 Å². The highest BCUT2D eigenvalue weighted by Gasteiger charge is 2.08. The Bertz CT molecular complexity index is 862. The van der Waals surface area contributed by atoms with E-state index in [9.17, 15) is 4.79 Å². The van der Waals surface area contributed by atoms with Gasteiger partial charge in [0.2, 0.25) is 0 Å². The fourth-order valence-electron chi connectivity index (χ4n) is 2.30. The van der Waals surface area contributed by atoms with Gasteiger partial charge in [-0.2, -0.15) is 0 Å². The van der Waals surface area contributed by atoms with Gasteiger partial charge in [-0.1, -0.05) is 41.4 Å². The van der Waals surface area contributed by atoms with Crippen molar-refractivity contribution in [2.24, 2.45) is 10.7 Å². The summed E-state index contributed by atoms with van der Waals surface area (Å²) in [7, 11) is 2.88. The average Bonchev–Trinajstić information content (AvgIpc) is 2.67. The molecule has 27 heavy (non-hydrogen) atoms. The summed E-state index contributed by atoms with van der Waals surface area (Å²) in [5.74, 6) is 0.150. The minimum absolute atomic E-state index is 0.0213. The topological polar surface area (TPSA) is 73.9 Å². The Balaban J connectivity index is 2.28. The van der Waals surface area contributed by atoms with Crippen LogP contribution >= 0.6 is 23.2 Å². The molecular formula is C20H20Cl2N2O3. The Hall–Kier alpha value is -2.50. The van der Waals surface area contributed by atoms with Crippen LogP contribution in [0.3, 0.4) is 0 Å². The van der Waals surface area contributed by atoms with Gasteiger partial charge in [-0.05, 0) is 41.5 Å². The average molecular weight is 407 g/mol. The molecule has 2 aromatic rings. The Morgan fingerprint density at radius 2 is 1.85 bits per heavy atom. The number of nitrogens with zero attached hydrogens (tertiary/aromatic N) is 1. The second kappa shape index (κ2) is 10.00. The second-order valence-corrected chi connectivity index (χ2v) is 6.50. The molecule has 2 aromatic carbocycles. The van der Waals surface area contributed by atoms with Crippen LogP contribution in [0.15, 0.2) is 59.2 Å². The van der Waals surface area contributed by atoms with Gasteiger partial charge in [0.05, 0.1) is 20.8 Å². The number of halogens is 2. The highest BCUT2D eigenvalue weighted by Crippen LogP contribution is 2.22. The van der Waals surface area contributed by atoms with E-state index >= 15 is 0 Å². The first-order valence-electron chi connectivity index (χ1n) is 8.08. The maximum Gasteiger partial charge on any atom is 0.353 e. The van der Waals surface area contributed by atoms with Crippen LogP contribution in [0.2, 0.25) is 10.0 Å². The maximum atomic E-state index is 11.6. The highest BCUT2D eigenvalue weighted by molar-refractivity contribution is 6.35. The molecule has 0 atom stereocenters. The quantitative estimate of drug-likeness (QED) is 0.424. The van der Waals surface area contributed by atoms with E-state index in [4.69, 9.17) is 33.7 Å². The number of aliphatic imine (C=N–C) groups is 1. The third-order valence-corrected chi connectivity index (χ3v) is 4.34. The fourth-order valence-corrected chi connectivity index (χ4v) is 2.77. The Morgan fingerprint density at radius 3 is 2.44 bits per heavy atom. The molecule has 2 N–H and O–H groups in total. The summed E-state index contributed by atoms with van der Waals surface area (Å²) in [6.45, 7) is 0.326. The SMILES string of the molecule is COC(=O)C(N)=CC(Cc1ccc(OC)cc1)=NCc1ccc(Cl)cc1Cl. The number of carbonyl (C=O) groups excluding carboxylic acids is 1. The molecule has 0 heterocycles. The number of ether oxygens (including phenoxy) is 2. The first-order chi connectivity index (χ1) is 12.9. The minimum atomic E-state index is -0.609. The standard InChI is InChI=1S/C20H20Cl2N2O3/c1-26-17-7-3-13(4-8-17)9-16(11-19(23)20(25)27-2)24-12-14-5-6-15(21)10-18(14)22/h3-8,10-11H,9,12,23H2,1-2H3. The molecule has 0 spiro atoms. The molecule has 7 heteroatoms. The van der Waals surface area contributed by atoms with Gasteiger partial charge in [-0.3, -0.25) is 4.99 Å². The van der Waals surface area contributed by atoms with Crippen molar-refractivity contribution in [2.45, 2.75) is 13.0 Å². The first-order valence-corrected chi connectivity index (χ1v) is 8.84. The Kier molecular flexibility index (Phi) is 7.70. The van der Waals surface area contributed by atoms with Crippen molar-refractivity contribution in [3.8, 4) is 5.75 Å². The highest BCUT2D eigenvalue weighted by atomic mass is 35.5. The smallest absolute Gasteiger partial charge is 0.353 e. The van der Waals surface area contributed by atoms with Crippen molar-refractivity contribution in [1.29, 1.82) is 0 Å². The second-order valence-electron chi connectivity index (χ2n) is 5.66. The van der Waals surface area contributed by atoms with Gasteiger partial charge >= 0.3 is 5.97 Å². The number of methoxy groups -OCH3 is 2. The van der Waals surface area contributed by atoms with E-state index in [0.29, 0.717) is 28.7 Å². The monoisotopic (exact) mass is 406 g/mol. The van der Waals surface area contributed by atoms with Crippen molar-refractivity contribution >= 4 is 34.9 Å². The van der Waals surface area contributed by atoms with Crippen LogP contribution in [-0.2, 0) is 22.5 Å². The number of allylic oxidation sites excluding steroid dienone is 1. The first kappa shape index (κ1) is 20.8. The van der Waals surface area contributed by atoms with Gasteiger partial charge in [0.25, 0.3) is 0 Å². The predicted octanol–water partition coefficient (Wildman–Crippen LogP) is 4.20. The number of rotatable bonds is 7. The van der Waals surface area contributed by atoms with Crippen molar-refractivity contribution in [2.75, 3.05) is 14.2 Å². The van der Waals surface area contributed by atoms with Crippen molar-refractivity contribution < 1.29 is 14.3 Å². The van der Waals surface area contributed by atoms with Crippen LogP contribution in [0, 0.1) is 0 Å². The molecule has 0 fully saturated rings. The zero-order chi connectivity index (χ0) is 19.8. The van der Waals surface area contributed by atoms with Crippen LogP contribution < -0.4 is 10.5 Å². The van der Waals surface area contributed by atoms with E-state index < -0.39 is 5.97 Å². The fraction of sp³-hybridized carbons (Fsp3) is 0.200. The van der Waals surface area contributed by atoms with Crippen molar-refractivity contribution in [1.82, 2.24) is 0 Å². The molecule has 0 aliphatic carbocycles. The van der Waals surface area contributed by atoms with E-state index in [-0.39, 0.29) is 5.70 Å². The normalized spacial score (nSPS) is 12.0. The predicted molar refractivity (Wildman–Crippen MR) is 109 cm³/mol. The molecule has 0 aliphatic heterocycles. The summed E-state index contributed by atoms with van der Waals surface area (Å²) >= 11 is 12.1. The third-order valence-electron chi connectivity index (χ3n) is 3.76. The number of hydrogen-bond donors (Lipinski definition) is 1. The van der Waals surface area contributed by atoms with Gasteiger partial charge in [0.1, 0.15) is 11.4 Å². The summed E-state index contributed by atoms with van der Waals surface area (Å²) in [4.78, 5) is 16.2. The molecule has 0 saturated heterocycles. The molecule has 0 radical (unpaired) electrons. The van der Waals surface area contributed by atoms with Crippen LogP contribution in [0.25, 0.3) is 0 Å². The Labute approximate surface area is 168 Å². The summed E-state index contributed by atoms with van der Waals surface area (Å²) in [5.41, 5.74) is 8.20. The van der Waals surface area contributed by atoms with Gasteiger partial charge in [-0.25, -0.2) is 4.79 Å². The Morgan fingerprint density at radius 1 is 1.15 bits per heavy atom. The lowest BCUT2D eigenvalue weighted by atomic mass is 10.1.